The monoisotopic (exact) mass is 530 g/mol. The average molecular weight is 531 g/mol. The lowest BCUT2D eigenvalue weighted by atomic mass is 10.1. The minimum Gasteiger partial charge on any atom is -0.422 e. The van der Waals surface area contributed by atoms with Crippen molar-refractivity contribution in [2.24, 2.45) is 0 Å². The molecule has 0 saturated heterocycles. The third-order valence-corrected chi connectivity index (χ3v) is 5.64. The number of aromatic nitrogens is 2. The van der Waals surface area contributed by atoms with E-state index >= 15 is 0 Å². The van der Waals surface area contributed by atoms with Crippen molar-refractivity contribution < 1.29 is 23.5 Å². The molecule has 0 spiro atoms. The molecule has 0 aliphatic carbocycles. The van der Waals surface area contributed by atoms with Crippen molar-refractivity contribution in [1.29, 1.82) is 0 Å². The zero-order valence-corrected chi connectivity index (χ0v) is 21.0. The number of benzene rings is 4. The predicted octanol–water partition coefficient (Wildman–Crippen LogP) is 5.86. The van der Waals surface area contributed by atoms with Crippen LogP contribution >= 0.6 is 0 Å². The maximum atomic E-state index is 12.9. The van der Waals surface area contributed by atoms with Gasteiger partial charge < -0.3 is 14.5 Å². The van der Waals surface area contributed by atoms with Gasteiger partial charge in [-0.15, -0.1) is 5.10 Å². The lowest BCUT2D eigenvalue weighted by Crippen LogP contribution is -2.17. The number of para-hydroxylation sites is 2. The first-order valence-electron chi connectivity index (χ1n) is 12.2. The van der Waals surface area contributed by atoms with E-state index in [2.05, 4.69) is 20.8 Å². The second-order valence-corrected chi connectivity index (χ2v) is 8.39. The van der Waals surface area contributed by atoms with Crippen LogP contribution in [0.4, 0.5) is 11.7 Å². The number of hydrogen-bond acceptors (Lipinski definition) is 7. The minimum absolute atomic E-state index is 0.0773. The van der Waals surface area contributed by atoms with E-state index in [-0.39, 0.29) is 23.2 Å². The first kappa shape index (κ1) is 25.8. The number of nitrogens with one attached hydrogen (secondary N) is 2. The van der Waals surface area contributed by atoms with Gasteiger partial charge in [0.05, 0.1) is 16.8 Å². The molecule has 0 bridgehead atoms. The maximum absolute atomic E-state index is 12.9. The molecule has 5 aromatic rings. The van der Waals surface area contributed by atoms with E-state index in [0.29, 0.717) is 22.4 Å². The van der Waals surface area contributed by atoms with Gasteiger partial charge in [0.25, 0.3) is 5.91 Å². The standard InChI is InChI=1S/C31H22N4O5/c36-27(20-19-21-11-7-10-18-26(21)39-30(38)23-14-5-2-6-15-23)32-25-17-9-8-16-24(25)28(37)33-31-35-34-29(40-31)22-12-3-1-4-13-22/h1-20H,(H,32,36)(H,33,35,37)/b20-19+. The van der Waals surface area contributed by atoms with Gasteiger partial charge in [-0.25, -0.2) is 4.79 Å². The van der Waals surface area contributed by atoms with Crippen LogP contribution in [0.15, 0.2) is 120 Å². The van der Waals surface area contributed by atoms with Crippen LogP contribution in [0.5, 0.6) is 5.75 Å². The van der Waals surface area contributed by atoms with Crippen molar-refractivity contribution in [3.05, 3.63) is 132 Å². The van der Waals surface area contributed by atoms with Gasteiger partial charge in [-0.1, -0.05) is 71.8 Å². The SMILES string of the molecule is O=C(/C=C/c1ccccc1OC(=O)c1ccccc1)Nc1ccccc1C(=O)Nc1nnc(-c2ccccc2)o1. The van der Waals surface area contributed by atoms with Crippen LogP contribution in [0.3, 0.4) is 0 Å². The van der Waals surface area contributed by atoms with Crippen molar-refractivity contribution in [2.45, 2.75) is 0 Å². The molecule has 2 N–H and O–H groups in total. The molecule has 9 nitrogen and oxygen atoms in total. The smallest absolute Gasteiger partial charge is 0.343 e. The Balaban J connectivity index is 1.26. The molecule has 4 aromatic carbocycles. The van der Waals surface area contributed by atoms with Crippen LogP contribution in [0.25, 0.3) is 17.5 Å². The van der Waals surface area contributed by atoms with Crippen molar-refractivity contribution >= 4 is 35.6 Å². The largest absolute Gasteiger partial charge is 0.422 e. The summed E-state index contributed by atoms with van der Waals surface area (Å²) in [5.41, 5.74) is 2.12. The molecule has 0 aliphatic heterocycles. The number of amides is 2. The van der Waals surface area contributed by atoms with Gasteiger partial charge in [-0.05, 0) is 48.5 Å². The van der Waals surface area contributed by atoms with Crippen molar-refractivity contribution in [2.75, 3.05) is 10.6 Å². The van der Waals surface area contributed by atoms with Crippen LogP contribution in [0.1, 0.15) is 26.3 Å². The second-order valence-electron chi connectivity index (χ2n) is 8.39. The second kappa shape index (κ2) is 12.1. The molecule has 0 radical (unpaired) electrons. The van der Waals surface area contributed by atoms with Crippen LogP contribution in [-0.4, -0.2) is 28.0 Å². The Kier molecular flexibility index (Phi) is 7.83. The molecule has 0 aliphatic rings. The van der Waals surface area contributed by atoms with E-state index in [1.807, 2.05) is 30.3 Å². The summed E-state index contributed by atoms with van der Waals surface area (Å²) in [5.74, 6) is -0.982. The molecule has 40 heavy (non-hydrogen) atoms. The minimum atomic E-state index is -0.540. The Morgan fingerprint density at radius 2 is 1.40 bits per heavy atom. The third kappa shape index (κ3) is 6.35. The Morgan fingerprint density at radius 3 is 2.20 bits per heavy atom. The summed E-state index contributed by atoms with van der Waals surface area (Å²) in [7, 11) is 0. The summed E-state index contributed by atoms with van der Waals surface area (Å²) >= 11 is 0. The highest BCUT2D eigenvalue weighted by Crippen LogP contribution is 2.23. The molecular formula is C31H22N4O5. The topological polar surface area (TPSA) is 123 Å². The summed E-state index contributed by atoms with van der Waals surface area (Å²) in [6.07, 6.45) is 2.81. The highest BCUT2D eigenvalue weighted by Gasteiger charge is 2.16. The number of ether oxygens (including phenoxy) is 1. The zero-order chi connectivity index (χ0) is 27.7. The molecule has 1 heterocycles. The zero-order valence-electron chi connectivity index (χ0n) is 21.0. The number of carbonyl (C=O) groups is 3. The van der Waals surface area contributed by atoms with Gasteiger partial charge in [0.15, 0.2) is 0 Å². The number of carbonyl (C=O) groups excluding carboxylic acids is 3. The van der Waals surface area contributed by atoms with Crippen LogP contribution in [-0.2, 0) is 4.79 Å². The summed E-state index contributed by atoms with van der Waals surface area (Å²) < 4.78 is 11.1. The number of rotatable bonds is 8. The molecule has 196 valence electrons. The molecule has 5 rings (SSSR count). The summed E-state index contributed by atoms with van der Waals surface area (Å²) in [4.78, 5) is 38.2. The number of nitrogens with zero attached hydrogens (tertiary/aromatic N) is 2. The van der Waals surface area contributed by atoms with Gasteiger partial charge in [-0.3, -0.25) is 14.9 Å². The first-order chi connectivity index (χ1) is 19.6. The predicted molar refractivity (Wildman–Crippen MR) is 150 cm³/mol. The number of hydrogen-bond donors (Lipinski definition) is 2. The van der Waals surface area contributed by atoms with Crippen molar-refractivity contribution in [3.8, 4) is 17.2 Å². The quantitative estimate of drug-likeness (QED) is 0.146. The number of esters is 1. The number of anilines is 2. The van der Waals surface area contributed by atoms with E-state index in [4.69, 9.17) is 9.15 Å². The summed E-state index contributed by atoms with van der Waals surface area (Å²) in [5, 5.41) is 13.1. The van der Waals surface area contributed by atoms with Crippen molar-refractivity contribution in [3.63, 3.8) is 0 Å². The highest BCUT2D eigenvalue weighted by atomic mass is 16.5. The van der Waals surface area contributed by atoms with Gasteiger partial charge in [0.1, 0.15) is 5.75 Å². The lowest BCUT2D eigenvalue weighted by molar-refractivity contribution is -0.111. The van der Waals surface area contributed by atoms with Crippen molar-refractivity contribution in [1.82, 2.24) is 10.2 Å². The fourth-order valence-corrected chi connectivity index (χ4v) is 3.71. The highest BCUT2D eigenvalue weighted by molar-refractivity contribution is 6.11. The van der Waals surface area contributed by atoms with E-state index in [1.54, 1.807) is 78.9 Å². The van der Waals surface area contributed by atoms with E-state index in [1.165, 1.54) is 12.2 Å². The lowest BCUT2D eigenvalue weighted by Gasteiger charge is -2.09. The maximum Gasteiger partial charge on any atom is 0.343 e. The van der Waals surface area contributed by atoms with Crippen LogP contribution < -0.4 is 15.4 Å². The molecule has 2 amide bonds. The summed E-state index contributed by atoms with van der Waals surface area (Å²) in [6.45, 7) is 0. The Hall–Kier alpha value is -5.83. The molecule has 1 aromatic heterocycles. The fraction of sp³-hybridized carbons (Fsp3) is 0. The van der Waals surface area contributed by atoms with E-state index in [9.17, 15) is 14.4 Å². The Labute approximate surface area is 229 Å². The van der Waals surface area contributed by atoms with E-state index < -0.39 is 17.8 Å². The molecule has 0 fully saturated rings. The first-order valence-corrected chi connectivity index (χ1v) is 12.2. The van der Waals surface area contributed by atoms with Gasteiger partial charge >= 0.3 is 12.0 Å². The Morgan fingerprint density at radius 1 is 0.725 bits per heavy atom. The Bertz CT molecular complexity index is 1680. The van der Waals surface area contributed by atoms with Gasteiger partial charge in [-0.2, -0.15) is 0 Å². The van der Waals surface area contributed by atoms with Crippen LogP contribution in [0, 0.1) is 0 Å². The summed E-state index contributed by atoms with van der Waals surface area (Å²) in [6, 6.07) is 31.0. The molecule has 0 saturated carbocycles. The van der Waals surface area contributed by atoms with Gasteiger partial charge in [0.2, 0.25) is 11.8 Å². The molecule has 0 unspecified atom stereocenters. The normalized spacial score (nSPS) is 10.7. The molecular weight excluding hydrogens is 508 g/mol. The molecule has 0 atom stereocenters. The van der Waals surface area contributed by atoms with Gasteiger partial charge in [0, 0.05) is 17.2 Å². The molecule has 9 heteroatoms. The fourth-order valence-electron chi connectivity index (χ4n) is 3.71. The third-order valence-electron chi connectivity index (χ3n) is 5.64. The van der Waals surface area contributed by atoms with Crippen LogP contribution in [0.2, 0.25) is 0 Å². The average Bonchev–Trinajstić information content (AvgIpc) is 3.46. The van der Waals surface area contributed by atoms with E-state index in [0.717, 1.165) is 0 Å².